The second-order valence-electron chi connectivity index (χ2n) is 4.76. The van der Waals surface area contributed by atoms with Crippen LogP contribution in [0.4, 0.5) is 8.78 Å². The average molecular weight is 336 g/mol. The lowest BCUT2D eigenvalue weighted by Crippen LogP contribution is -2.26. The molecule has 1 atom stereocenters. The van der Waals surface area contributed by atoms with Crippen molar-refractivity contribution in [3.8, 4) is 10.8 Å². The second kappa shape index (κ2) is 5.88. The Labute approximate surface area is 132 Å². The smallest absolute Gasteiger partial charge is 0.387 e. The summed E-state index contributed by atoms with van der Waals surface area (Å²) in [7, 11) is 0. The lowest BCUT2D eigenvalue weighted by atomic mass is 10.1. The summed E-state index contributed by atoms with van der Waals surface area (Å²) >= 11 is 1.33. The van der Waals surface area contributed by atoms with Gasteiger partial charge in [0.15, 0.2) is 17.4 Å². The highest BCUT2D eigenvalue weighted by Crippen LogP contribution is 2.22. The number of halogens is 2. The third kappa shape index (κ3) is 2.85. The van der Waals surface area contributed by atoms with Gasteiger partial charge in [-0.25, -0.2) is 13.6 Å². The lowest BCUT2D eigenvalue weighted by Gasteiger charge is -2.09. The van der Waals surface area contributed by atoms with E-state index in [-0.39, 0.29) is 11.5 Å². The number of nitrogens with zero attached hydrogens (tertiary/aromatic N) is 2. The number of hydrogen-bond acceptors (Lipinski definition) is 5. The van der Waals surface area contributed by atoms with Gasteiger partial charge >= 0.3 is 5.76 Å². The Morgan fingerprint density at radius 2 is 2.09 bits per heavy atom. The molecule has 0 spiro atoms. The van der Waals surface area contributed by atoms with Crippen LogP contribution in [0, 0.1) is 11.6 Å². The molecule has 0 saturated heterocycles. The van der Waals surface area contributed by atoms with Crippen LogP contribution in [-0.4, -0.2) is 15.6 Å². The first-order valence-electron chi connectivity index (χ1n) is 6.60. The van der Waals surface area contributed by atoms with E-state index < -0.39 is 29.2 Å². The molecule has 0 bridgehead atoms. The highest BCUT2D eigenvalue weighted by Gasteiger charge is 2.23. The normalized spacial score (nSPS) is 12.3. The van der Waals surface area contributed by atoms with Gasteiger partial charge < -0.3 is 4.42 Å². The molecule has 0 saturated carbocycles. The molecule has 0 aliphatic rings. The minimum absolute atomic E-state index is 0.0519. The molecule has 0 fully saturated rings. The summed E-state index contributed by atoms with van der Waals surface area (Å²) in [6.45, 7) is 1.44. The van der Waals surface area contributed by atoms with Gasteiger partial charge in [0.1, 0.15) is 6.04 Å². The van der Waals surface area contributed by atoms with Crippen LogP contribution < -0.4 is 5.76 Å². The topological polar surface area (TPSA) is 65.1 Å². The van der Waals surface area contributed by atoms with Gasteiger partial charge in [0.2, 0.25) is 0 Å². The van der Waals surface area contributed by atoms with Crippen LogP contribution in [0.1, 0.15) is 23.3 Å². The van der Waals surface area contributed by atoms with E-state index in [1.807, 2.05) is 0 Å². The van der Waals surface area contributed by atoms with Crippen molar-refractivity contribution in [2.45, 2.75) is 13.0 Å². The van der Waals surface area contributed by atoms with E-state index >= 15 is 0 Å². The van der Waals surface area contributed by atoms with Gasteiger partial charge in [-0.05, 0) is 36.6 Å². The van der Waals surface area contributed by atoms with Crippen LogP contribution in [0.25, 0.3) is 10.8 Å². The number of Topliss-reactive ketones (excluding diaryl/α,β-unsaturated/α-hetero) is 1. The molecule has 2 aromatic heterocycles. The summed E-state index contributed by atoms with van der Waals surface area (Å²) in [5.74, 6) is -3.44. The van der Waals surface area contributed by atoms with E-state index in [1.54, 1.807) is 17.5 Å². The van der Waals surface area contributed by atoms with Gasteiger partial charge in [0, 0.05) is 5.56 Å². The summed E-state index contributed by atoms with van der Waals surface area (Å²) in [5.41, 5.74) is -0.0519. The molecule has 3 aromatic rings. The first-order chi connectivity index (χ1) is 11.0. The van der Waals surface area contributed by atoms with Crippen LogP contribution in [0.2, 0.25) is 0 Å². The molecule has 0 aliphatic carbocycles. The van der Waals surface area contributed by atoms with Crippen LogP contribution in [0.3, 0.4) is 0 Å². The SMILES string of the molecule is C[C@@H](C(=O)c1ccc(F)c(F)c1)n1nc(-c2cccs2)oc1=O. The fraction of sp³-hybridized carbons (Fsp3) is 0.133. The fourth-order valence-corrected chi connectivity index (χ4v) is 2.68. The van der Waals surface area contributed by atoms with Crippen molar-refractivity contribution in [1.82, 2.24) is 9.78 Å². The molecule has 118 valence electrons. The van der Waals surface area contributed by atoms with Gasteiger partial charge in [0.05, 0.1) is 4.88 Å². The highest BCUT2D eigenvalue weighted by molar-refractivity contribution is 7.13. The molecular formula is C15H10F2N2O3S. The van der Waals surface area contributed by atoms with Crippen molar-refractivity contribution < 1.29 is 18.0 Å². The largest absolute Gasteiger partial charge is 0.438 e. The predicted molar refractivity (Wildman–Crippen MR) is 79.5 cm³/mol. The Balaban J connectivity index is 1.93. The molecule has 0 N–H and O–H groups in total. The Kier molecular flexibility index (Phi) is 3.91. The van der Waals surface area contributed by atoms with Crippen LogP contribution in [0.15, 0.2) is 44.9 Å². The maximum Gasteiger partial charge on any atom is 0.438 e. The molecule has 23 heavy (non-hydrogen) atoms. The van der Waals surface area contributed by atoms with Crippen molar-refractivity contribution in [2.75, 3.05) is 0 Å². The Morgan fingerprint density at radius 1 is 1.30 bits per heavy atom. The van der Waals surface area contributed by atoms with Gasteiger partial charge in [-0.3, -0.25) is 4.79 Å². The molecule has 3 rings (SSSR count). The van der Waals surface area contributed by atoms with E-state index in [9.17, 15) is 18.4 Å². The first-order valence-corrected chi connectivity index (χ1v) is 7.48. The standard InChI is InChI=1S/C15H10F2N2O3S/c1-8(13(20)9-4-5-10(16)11(17)7-9)19-15(21)22-14(18-19)12-3-2-6-23-12/h2-8H,1H3/t8-/m0/s1. The number of rotatable bonds is 4. The average Bonchev–Trinajstić information content (AvgIpc) is 3.18. The Morgan fingerprint density at radius 3 is 2.74 bits per heavy atom. The monoisotopic (exact) mass is 336 g/mol. The lowest BCUT2D eigenvalue weighted by molar-refractivity contribution is 0.0923. The maximum absolute atomic E-state index is 13.2. The van der Waals surface area contributed by atoms with Crippen molar-refractivity contribution >= 4 is 17.1 Å². The van der Waals surface area contributed by atoms with Crippen LogP contribution >= 0.6 is 11.3 Å². The number of hydrogen-bond donors (Lipinski definition) is 0. The minimum atomic E-state index is -1.13. The van der Waals surface area contributed by atoms with E-state index in [2.05, 4.69) is 5.10 Å². The molecule has 0 aliphatic heterocycles. The zero-order valence-corrected chi connectivity index (χ0v) is 12.6. The van der Waals surface area contributed by atoms with Gasteiger partial charge in [-0.15, -0.1) is 16.4 Å². The molecule has 5 nitrogen and oxygen atoms in total. The predicted octanol–water partition coefficient (Wildman–Crippen LogP) is 3.29. The quantitative estimate of drug-likeness (QED) is 0.686. The van der Waals surface area contributed by atoms with E-state index in [1.165, 1.54) is 18.3 Å². The molecule has 1 aromatic carbocycles. The fourth-order valence-electron chi connectivity index (χ4n) is 2.03. The van der Waals surface area contributed by atoms with Gasteiger partial charge in [-0.2, -0.15) is 4.68 Å². The number of carbonyl (C=O) groups is 1. The Bertz CT molecular complexity index is 915. The van der Waals surface area contributed by atoms with Crippen molar-refractivity contribution in [3.63, 3.8) is 0 Å². The first kappa shape index (κ1) is 15.3. The zero-order valence-electron chi connectivity index (χ0n) is 11.8. The van der Waals surface area contributed by atoms with Crippen LogP contribution in [-0.2, 0) is 0 Å². The van der Waals surface area contributed by atoms with E-state index in [0.717, 1.165) is 22.9 Å². The van der Waals surface area contributed by atoms with Gasteiger partial charge in [0.25, 0.3) is 5.89 Å². The van der Waals surface area contributed by atoms with Gasteiger partial charge in [-0.1, -0.05) is 6.07 Å². The molecule has 0 radical (unpaired) electrons. The summed E-state index contributed by atoms with van der Waals surface area (Å²) in [4.78, 5) is 24.9. The van der Waals surface area contributed by atoms with Crippen molar-refractivity contribution in [3.05, 3.63) is 63.5 Å². The maximum atomic E-state index is 13.2. The third-order valence-electron chi connectivity index (χ3n) is 3.25. The Hall–Kier alpha value is -2.61. The minimum Gasteiger partial charge on any atom is -0.387 e. The summed E-state index contributed by atoms with van der Waals surface area (Å²) in [5, 5.41) is 5.79. The van der Waals surface area contributed by atoms with Crippen LogP contribution in [0.5, 0.6) is 0 Å². The van der Waals surface area contributed by atoms with Crippen molar-refractivity contribution in [1.29, 1.82) is 0 Å². The summed E-state index contributed by atoms with van der Waals surface area (Å²) in [6, 6.07) is 5.29. The molecule has 2 heterocycles. The molecule has 0 unspecified atom stereocenters. The summed E-state index contributed by atoms with van der Waals surface area (Å²) < 4.78 is 32.1. The molecular weight excluding hydrogens is 326 g/mol. The number of aromatic nitrogens is 2. The highest BCUT2D eigenvalue weighted by atomic mass is 32.1. The number of carbonyl (C=O) groups excluding carboxylic acids is 1. The molecule has 0 amide bonds. The summed E-state index contributed by atoms with van der Waals surface area (Å²) in [6.07, 6.45) is 0. The zero-order chi connectivity index (χ0) is 16.6. The second-order valence-corrected chi connectivity index (χ2v) is 5.71. The molecule has 8 heteroatoms. The third-order valence-corrected chi connectivity index (χ3v) is 4.11. The van der Waals surface area contributed by atoms with E-state index in [4.69, 9.17) is 4.42 Å². The van der Waals surface area contributed by atoms with Crippen molar-refractivity contribution in [2.24, 2.45) is 0 Å². The number of benzene rings is 1. The number of ketones is 1. The number of thiophene rings is 1. The van der Waals surface area contributed by atoms with E-state index in [0.29, 0.717) is 4.88 Å².